The first-order chi connectivity index (χ1) is 11.2. The molecule has 23 heavy (non-hydrogen) atoms. The first kappa shape index (κ1) is 16.4. The summed E-state index contributed by atoms with van der Waals surface area (Å²) in [4.78, 5) is 12.2. The average molecular weight is 310 g/mol. The van der Waals surface area contributed by atoms with Crippen molar-refractivity contribution in [2.24, 2.45) is 0 Å². The van der Waals surface area contributed by atoms with E-state index in [4.69, 9.17) is 14.7 Å². The molecular weight excluding hydrogens is 292 g/mol. The third kappa shape index (κ3) is 4.24. The molecule has 2 aromatic carbocycles. The van der Waals surface area contributed by atoms with Crippen LogP contribution >= 0.6 is 0 Å². The van der Waals surface area contributed by atoms with E-state index in [2.05, 4.69) is 5.32 Å². The van der Waals surface area contributed by atoms with Crippen molar-refractivity contribution in [2.45, 2.75) is 19.6 Å². The lowest BCUT2D eigenvalue weighted by Gasteiger charge is -2.16. The van der Waals surface area contributed by atoms with Crippen molar-refractivity contribution >= 4 is 5.91 Å². The van der Waals surface area contributed by atoms with Gasteiger partial charge in [-0.15, -0.1) is 0 Å². The predicted molar refractivity (Wildman–Crippen MR) is 86.1 cm³/mol. The zero-order valence-corrected chi connectivity index (χ0v) is 13.1. The van der Waals surface area contributed by atoms with E-state index in [1.54, 1.807) is 38.3 Å². The summed E-state index contributed by atoms with van der Waals surface area (Å²) in [6, 6.07) is 16.3. The van der Waals surface area contributed by atoms with Gasteiger partial charge in [-0.25, -0.2) is 0 Å². The SMILES string of the molecule is COc1ccccc1CNC(=O)[C@@H](C)Oc1ccccc1C#N. The minimum absolute atomic E-state index is 0.261. The number of carbonyl (C=O) groups is 1. The van der Waals surface area contributed by atoms with Gasteiger partial charge in [0.2, 0.25) is 0 Å². The van der Waals surface area contributed by atoms with Crippen LogP contribution < -0.4 is 14.8 Å². The lowest BCUT2D eigenvalue weighted by atomic mass is 10.2. The molecule has 0 aliphatic carbocycles. The summed E-state index contributed by atoms with van der Waals surface area (Å²) in [6.07, 6.45) is -0.709. The molecule has 1 atom stereocenters. The van der Waals surface area contributed by atoms with E-state index < -0.39 is 6.10 Å². The molecule has 0 heterocycles. The smallest absolute Gasteiger partial charge is 0.261 e. The van der Waals surface area contributed by atoms with Gasteiger partial charge < -0.3 is 14.8 Å². The second kappa shape index (κ2) is 7.85. The molecule has 0 aromatic heterocycles. The molecule has 1 amide bonds. The number of benzene rings is 2. The maximum atomic E-state index is 12.2. The number of nitrogens with zero attached hydrogens (tertiary/aromatic N) is 1. The fourth-order valence-corrected chi connectivity index (χ4v) is 2.08. The van der Waals surface area contributed by atoms with Crippen LogP contribution in [0, 0.1) is 11.3 Å². The van der Waals surface area contributed by atoms with Gasteiger partial charge in [-0.3, -0.25) is 4.79 Å². The fraction of sp³-hybridized carbons (Fsp3) is 0.222. The molecular formula is C18H18N2O3. The molecule has 118 valence electrons. The van der Waals surface area contributed by atoms with Crippen molar-refractivity contribution in [3.63, 3.8) is 0 Å². The van der Waals surface area contributed by atoms with Crippen LogP contribution in [0.2, 0.25) is 0 Å². The van der Waals surface area contributed by atoms with Gasteiger partial charge in [-0.1, -0.05) is 30.3 Å². The lowest BCUT2D eigenvalue weighted by molar-refractivity contribution is -0.127. The minimum atomic E-state index is -0.709. The highest BCUT2D eigenvalue weighted by atomic mass is 16.5. The Hall–Kier alpha value is -3.00. The van der Waals surface area contributed by atoms with Crippen LogP contribution in [0.3, 0.4) is 0 Å². The molecule has 0 saturated heterocycles. The van der Waals surface area contributed by atoms with Gasteiger partial charge in [0.25, 0.3) is 5.91 Å². The Morgan fingerprint density at radius 3 is 2.52 bits per heavy atom. The molecule has 0 fully saturated rings. The fourth-order valence-electron chi connectivity index (χ4n) is 2.08. The van der Waals surface area contributed by atoms with Crippen LogP contribution in [0.4, 0.5) is 0 Å². The van der Waals surface area contributed by atoms with Crippen molar-refractivity contribution in [3.8, 4) is 17.6 Å². The highest BCUT2D eigenvalue weighted by Gasteiger charge is 2.16. The Morgan fingerprint density at radius 1 is 1.17 bits per heavy atom. The Kier molecular flexibility index (Phi) is 5.59. The molecule has 5 nitrogen and oxygen atoms in total. The van der Waals surface area contributed by atoms with Crippen LogP contribution in [0.5, 0.6) is 11.5 Å². The van der Waals surface area contributed by atoms with Gasteiger partial charge in [0.1, 0.15) is 17.6 Å². The van der Waals surface area contributed by atoms with E-state index in [-0.39, 0.29) is 5.91 Å². The summed E-state index contributed by atoms with van der Waals surface area (Å²) in [5, 5.41) is 11.8. The van der Waals surface area contributed by atoms with Gasteiger partial charge >= 0.3 is 0 Å². The summed E-state index contributed by atoms with van der Waals surface area (Å²) >= 11 is 0. The third-order valence-corrected chi connectivity index (χ3v) is 3.33. The minimum Gasteiger partial charge on any atom is -0.496 e. The van der Waals surface area contributed by atoms with E-state index in [0.717, 1.165) is 11.3 Å². The maximum Gasteiger partial charge on any atom is 0.261 e. The van der Waals surface area contributed by atoms with E-state index in [0.29, 0.717) is 17.9 Å². The van der Waals surface area contributed by atoms with Crippen molar-refractivity contribution in [1.82, 2.24) is 5.32 Å². The first-order valence-corrected chi connectivity index (χ1v) is 7.21. The van der Waals surface area contributed by atoms with Gasteiger partial charge in [-0.2, -0.15) is 5.26 Å². The molecule has 0 aliphatic heterocycles. The van der Waals surface area contributed by atoms with Gasteiger partial charge in [-0.05, 0) is 25.1 Å². The van der Waals surface area contributed by atoms with Crippen molar-refractivity contribution < 1.29 is 14.3 Å². The molecule has 0 saturated carbocycles. The molecule has 0 unspecified atom stereocenters. The Morgan fingerprint density at radius 2 is 1.83 bits per heavy atom. The van der Waals surface area contributed by atoms with Crippen LogP contribution in [0.15, 0.2) is 48.5 Å². The quantitative estimate of drug-likeness (QED) is 0.890. The maximum absolute atomic E-state index is 12.2. The zero-order chi connectivity index (χ0) is 16.7. The van der Waals surface area contributed by atoms with Gasteiger partial charge in [0.15, 0.2) is 6.10 Å². The Balaban J connectivity index is 1.97. The summed E-state index contributed by atoms with van der Waals surface area (Å²) in [5.74, 6) is 0.856. The summed E-state index contributed by atoms with van der Waals surface area (Å²) in [6.45, 7) is 1.99. The Bertz CT molecular complexity index is 722. The van der Waals surface area contributed by atoms with Crippen molar-refractivity contribution in [3.05, 3.63) is 59.7 Å². The standard InChI is InChI=1S/C18H18N2O3/c1-13(23-17-10-6-3-7-14(17)11-19)18(21)20-12-15-8-4-5-9-16(15)22-2/h3-10,13H,12H2,1-2H3,(H,20,21)/t13-/m1/s1. The zero-order valence-electron chi connectivity index (χ0n) is 13.1. The molecule has 0 bridgehead atoms. The van der Waals surface area contributed by atoms with E-state index in [1.807, 2.05) is 30.3 Å². The molecule has 1 N–H and O–H groups in total. The molecule has 0 spiro atoms. The number of para-hydroxylation sites is 2. The molecule has 5 heteroatoms. The number of nitriles is 1. The van der Waals surface area contributed by atoms with Crippen LogP contribution in [-0.4, -0.2) is 19.1 Å². The van der Waals surface area contributed by atoms with Crippen molar-refractivity contribution in [2.75, 3.05) is 7.11 Å². The van der Waals surface area contributed by atoms with Crippen LogP contribution in [0.1, 0.15) is 18.1 Å². The lowest BCUT2D eigenvalue weighted by Crippen LogP contribution is -2.36. The number of methoxy groups -OCH3 is 1. The summed E-state index contributed by atoms with van der Waals surface area (Å²) in [5.41, 5.74) is 1.28. The highest BCUT2D eigenvalue weighted by molar-refractivity contribution is 5.80. The van der Waals surface area contributed by atoms with E-state index >= 15 is 0 Å². The number of ether oxygens (including phenoxy) is 2. The molecule has 0 aliphatic rings. The van der Waals surface area contributed by atoms with Crippen LogP contribution in [0.25, 0.3) is 0 Å². The van der Waals surface area contributed by atoms with Crippen molar-refractivity contribution in [1.29, 1.82) is 5.26 Å². The second-order valence-corrected chi connectivity index (χ2v) is 4.90. The van der Waals surface area contributed by atoms with Crippen LogP contribution in [-0.2, 0) is 11.3 Å². The largest absolute Gasteiger partial charge is 0.496 e. The highest BCUT2D eigenvalue weighted by Crippen LogP contribution is 2.19. The first-order valence-electron chi connectivity index (χ1n) is 7.21. The second-order valence-electron chi connectivity index (χ2n) is 4.90. The number of hydrogen-bond donors (Lipinski definition) is 1. The predicted octanol–water partition coefficient (Wildman–Crippen LogP) is 2.65. The van der Waals surface area contributed by atoms with Gasteiger partial charge in [0, 0.05) is 12.1 Å². The monoisotopic (exact) mass is 310 g/mol. The third-order valence-electron chi connectivity index (χ3n) is 3.33. The molecule has 0 radical (unpaired) electrons. The number of rotatable bonds is 6. The van der Waals surface area contributed by atoms with Gasteiger partial charge in [0.05, 0.1) is 12.7 Å². The van der Waals surface area contributed by atoms with E-state index in [9.17, 15) is 4.79 Å². The Labute approximate surface area is 135 Å². The topological polar surface area (TPSA) is 71.3 Å². The normalized spacial score (nSPS) is 11.2. The number of amides is 1. The average Bonchev–Trinajstić information content (AvgIpc) is 2.60. The molecule has 2 rings (SSSR count). The summed E-state index contributed by atoms with van der Waals surface area (Å²) < 4.78 is 10.8. The number of carbonyl (C=O) groups excluding carboxylic acids is 1. The number of nitrogens with one attached hydrogen (secondary N) is 1. The molecule has 2 aromatic rings. The number of hydrogen-bond acceptors (Lipinski definition) is 4. The summed E-state index contributed by atoms with van der Waals surface area (Å²) in [7, 11) is 1.59. The van der Waals surface area contributed by atoms with E-state index in [1.165, 1.54) is 0 Å².